The predicted octanol–water partition coefficient (Wildman–Crippen LogP) is 2.63. The Kier molecular flexibility index (Phi) is 5.93. The molecule has 2 aromatic carbocycles. The molecule has 2 aromatic rings. The number of rotatable bonds is 7. The number of nitrogens with zero attached hydrogens (tertiary/aromatic N) is 1. The summed E-state index contributed by atoms with van der Waals surface area (Å²) in [5.41, 5.74) is 2.00. The van der Waals surface area contributed by atoms with Crippen molar-refractivity contribution >= 4 is 17.8 Å². The van der Waals surface area contributed by atoms with E-state index in [0.29, 0.717) is 17.7 Å². The highest BCUT2D eigenvalue weighted by Crippen LogP contribution is 2.19. The number of nitrogens with one attached hydrogen (secondary N) is 2. The average Bonchev–Trinajstić information content (AvgIpc) is 3.01. The van der Waals surface area contributed by atoms with E-state index in [1.54, 1.807) is 24.3 Å². The van der Waals surface area contributed by atoms with E-state index in [1.807, 2.05) is 38.1 Å². The molecule has 7 heteroatoms. The van der Waals surface area contributed by atoms with E-state index in [0.717, 1.165) is 16.2 Å². The summed E-state index contributed by atoms with van der Waals surface area (Å²) in [7, 11) is 0. The number of hydrogen-bond acceptors (Lipinski definition) is 4. The highest BCUT2D eigenvalue weighted by Gasteiger charge is 2.29. The van der Waals surface area contributed by atoms with Gasteiger partial charge in [-0.05, 0) is 43.2 Å². The van der Waals surface area contributed by atoms with Crippen LogP contribution >= 0.6 is 0 Å². The fourth-order valence-corrected chi connectivity index (χ4v) is 3.04. The van der Waals surface area contributed by atoms with Crippen molar-refractivity contribution in [1.82, 2.24) is 15.5 Å². The van der Waals surface area contributed by atoms with Gasteiger partial charge in [-0.3, -0.25) is 14.5 Å². The highest BCUT2D eigenvalue weighted by molar-refractivity contribution is 6.02. The Morgan fingerprint density at radius 3 is 2.54 bits per heavy atom. The standard InChI is InChI=1S/C21H23N3O4/c1-3-28-17-10-8-15(9-11-17)14(2)23-20(26)18-7-5-4-6-16(18)13-24-19(25)12-22-21(24)27/h4-11,14H,3,12-13H2,1-2H3,(H,22,27)(H,23,26)/t14-/m1/s1. The van der Waals surface area contributed by atoms with Crippen LogP contribution in [0, 0.1) is 0 Å². The number of hydrogen-bond donors (Lipinski definition) is 2. The third-order valence-electron chi connectivity index (χ3n) is 4.57. The largest absolute Gasteiger partial charge is 0.494 e. The van der Waals surface area contributed by atoms with Crippen molar-refractivity contribution in [3.8, 4) is 5.75 Å². The van der Waals surface area contributed by atoms with Crippen LogP contribution in [0.4, 0.5) is 4.79 Å². The van der Waals surface area contributed by atoms with Crippen LogP contribution < -0.4 is 15.4 Å². The maximum absolute atomic E-state index is 12.8. The molecule has 2 N–H and O–H groups in total. The smallest absolute Gasteiger partial charge is 0.324 e. The lowest BCUT2D eigenvalue weighted by atomic mass is 10.0. The van der Waals surface area contributed by atoms with Gasteiger partial charge in [0.25, 0.3) is 5.91 Å². The maximum Gasteiger partial charge on any atom is 0.324 e. The van der Waals surface area contributed by atoms with Crippen LogP contribution in [-0.2, 0) is 11.3 Å². The Bertz CT molecular complexity index is 863. The molecule has 1 aliphatic heterocycles. The van der Waals surface area contributed by atoms with Crippen LogP contribution in [-0.4, -0.2) is 35.9 Å². The van der Waals surface area contributed by atoms with Gasteiger partial charge in [-0.25, -0.2) is 4.79 Å². The zero-order valence-corrected chi connectivity index (χ0v) is 15.9. The molecular weight excluding hydrogens is 358 g/mol. The quantitative estimate of drug-likeness (QED) is 0.722. The number of urea groups is 1. The topological polar surface area (TPSA) is 87.7 Å². The van der Waals surface area contributed by atoms with Gasteiger partial charge < -0.3 is 15.4 Å². The first kappa shape index (κ1) is 19.4. The zero-order valence-electron chi connectivity index (χ0n) is 15.9. The molecule has 0 aliphatic carbocycles. The summed E-state index contributed by atoms with van der Waals surface area (Å²) in [5, 5.41) is 5.45. The zero-order chi connectivity index (χ0) is 20.1. The minimum absolute atomic E-state index is 0.0119. The van der Waals surface area contributed by atoms with Crippen molar-refractivity contribution in [2.24, 2.45) is 0 Å². The van der Waals surface area contributed by atoms with Gasteiger partial charge >= 0.3 is 6.03 Å². The summed E-state index contributed by atoms with van der Waals surface area (Å²) in [5.74, 6) is 0.218. The number of carbonyl (C=O) groups is 3. The molecule has 1 heterocycles. The van der Waals surface area contributed by atoms with Gasteiger partial charge in [-0.1, -0.05) is 30.3 Å². The molecule has 1 aliphatic rings. The first-order chi connectivity index (χ1) is 13.5. The Morgan fingerprint density at radius 1 is 1.18 bits per heavy atom. The summed E-state index contributed by atoms with van der Waals surface area (Å²) >= 11 is 0. The van der Waals surface area contributed by atoms with E-state index in [9.17, 15) is 14.4 Å². The monoisotopic (exact) mass is 381 g/mol. The van der Waals surface area contributed by atoms with Gasteiger partial charge in [0.15, 0.2) is 0 Å². The summed E-state index contributed by atoms with van der Waals surface area (Å²) in [6, 6.07) is 13.9. The summed E-state index contributed by atoms with van der Waals surface area (Å²) in [4.78, 5) is 37.6. The van der Waals surface area contributed by atoms with Crippen molar-refractivity contribution < 1.29 is 19.1 Å². The lowest BCUT2D eigenvalue weighted by Gasteiger charge is -2.18. The number of benzene rings is 2. The van der Waals surface area contributed by atoms with E-state index in [1.165, 1.54) is 0 Å². The molecule has 0 unspecified atom stereocenters. The van der Waals surface area contributed by atoms with Crippen LogP contribution in [0.5, 0.6) is 5.75 Å². The van der Waals surface area contributed by atoms with Gasteiger partial charge in [0.1, 0.15) is 5.75 Å². The highest BCUT2D eigenvalue weighted by atomic mass is 16.5. The van der Waals surface area contributed by atoms with Gasteiger partial charge in [-0.2, -0.15) is 0 Å². The molecule has 0 spiro atoms. The van der Waals surface area contributed by atoms with Crippen molar-refractivity contribution in [3.05, 3.63) is 65.2 Å². The summed E-state index contributed by atoms with van der Waals surface area (Å²) in [6.45, 7) is 4.47. The predicted molar refractivity (Wildman–Crippen MR) is 104 cm³/mol. The molecule has 4 amide bonds. The van der Waals surface area contributed by atoms with Crippen LogP contribution in [0.2, 0.25) is 0 Å². The van der Waals surface area contributed by atoms with Crippen molar-refractivity contribution in [3.63, 3.8) is 0 Å². The van der Waals surface area contributed by atoms with Crippen LogP contribution in [0.25, 0.3) is 0 Å². The van der Waals surface area contributed by atoms with Crippen molar-refractivity contribution in [1.29, 1.82) is 0 Å². The second kappa shape index (κ2) is 8.56. The molecule has 1 fully saturated rings. The lowest BCUT2D eigenvalue weighted by molar-refractivity contribution is -0.125. The van der Waals surface area contributed by atoms with E-state index >= 15 is 0 Å². The van der Waals surface area contributed by atoms with Gasteiger partial charge in [-0.15, -0.1) is 0 Å². The van der Waals surface area contributed by atoms with E-state index < -0.39 is 6.03 Å². The fraction of sp³-hybridized carbons (Fsp3) is 0.286. The Morgan fingerprint density at radius 2 is 1.89 bits per heavy atom. The molecule has 0 radical (unpaired) electrons. The molecule has 7 nitrogen and oxygen atoms in total. The van der Waals surface area contributed by atoms with Crippen LogP contribution in [0.3, 0.4) is 0 Å². The first-order valence-corrected chi connectivity index (χ1v) is 9.19. The molecule has 0 aromatic heterocycles. The maximum atomic E-state index is 12.8. The molecule has 1 saturated heterocycles. The fourth-order valence-electron chi connectivity index (χ4n) is 3.04. The number of imide groups is 1. The molecule has 28 heavy (non-hydrogen) atoms. The van der Waals surface area contributed by atoms with Crippen molar-refractivity contribution in [2.75, 3.05) is 13.2 Å². The third kappa shape index (κ3) is 4.31. The van der Waals surface area contributed by atoms with E-state index in [4.69, 9.17) is 4.74 Å². The Hall–Kier alpha value is -3.35. The molecule has 3 rings (SSSR count). The molecule has 146 valence electrons. The number of amides is 4. The molecular formula is C21H23N3O4. The average molecular weight is 381 g/mol. The number of ether oxygens (including phenoxy) is 1. The SMILES string of the molecule is CCOc1ccc([C@@H](C)NC(=O)c2ccccc2CN2C(=O)CNC2=O)cc1. The van der Waals surface area contributed by atoms with Gasteiger partial charge in [0, 0.05) is 5.56 Å². The Labute approximate surface area is 163 Å². The van der Waals surface area contributed by atoms with Crippen LogP contribution in [0.1, 0.15) is 41.4 Å². The number of carbonyl (C=O) groups excluding carboxylic acids is 3. The van der Waals surface area contributed by atoms with Gasteiger partial charge in [0.05, 0.1) is 25.7 Å². The minimum atomic E-state index is -0.442. The normalized spacial score (nSPS) is 14.6. The molecule has 0 saturated carbocycles. The Balaban J connectivity index is 1.72. The second-order valence-electron chi connectivity index (χ2n) is 6.49. The summed E-state index contributed by atoms with van der Waals surface area (Å²) in [6.07, 6.45) is 0. The lowest BCUT2D eigenvalue weighted by Crippen LogP contribution is -2.32. The van der Waals surface area contributed by atoms with Crippen LogP contribution in [0.15, 0.2) is 48.5 Å². The first-order valence-electron chi connectivity index (χ1n) is 9.19. The second-order valence-corrected chi connectivity index (χ2v) is 6.49. The molecule has 1 atom stereocenters. The minimum Gasteiger partial charge on any atom is -0.494 e. The third-order valence-corrected chi connectivity index (χ3v) is 4.57. The molecule has 0 bridgehead atoms. The van der Waals surface area contributed by atoms with Gasteiger partial charge in [0.2, 0.25) is 5.91 Å². The van der Waals surface area contributed by atoms with Crippen molar-refractivity contribution in [2.45, 2.75) is 26.4 Å². The van der Waals surface area contributed by atoms with E-state index in [2.05, 4.69) is 10.6 Å². The van der Waals surface area contributed by atoms with E-state index in [-0.39, 0.29) is 30.9 Å². The summed E-state index contributed by atoms with van der Waals surface area (Å²) < 4.78 is 5.44.